The minimum absolute atomic E-state index is 0.113. The Kier molecular flexibility index (Phi) is 6.83. The van der Waals surface area contributed by atoms with Gasteiger partial charge in [-0.1, -0.05) is 36.4 Å². The smallest absolute Gasteiger partial charge is 0.230 e. The average molecular weight is 304 g/mol. The van der Waals surface area contributed by atoms with E-state index in [-0.39, 0.29) is 5.91 Å². The van der Waals surface area contributed by atoms with Gasteiger partial charge in [0.05, 0.1) is 11.8 Å². The van der Waals surface area contributed by atoms with Crippen molar-refractivity contribution >= 4 is 17.7 Å². The van der Waals surface area contributed by atoms with E-state index >= 15 is 0 Å². The van der Waals surface area contributed by atoms with Crippen LogP contribution in [-0.2, 0) is 4.79 Å². The van der Waals surface area contributed by atoms with Crippen molar-refractivity contribution in [2.45, 2.75) is 18.9 Å². The minimum Gasteiger partial charge on any atom is -0.353 e. The molecule has 0 aromatic heterocycles. The van der Waals surface area contributed by atoms with Gasteiger partial charge in [0.2, 0.25) is 5.91 Å². The van der Waals surface area contributed by atoms with Crippen LogP contribution in [0.5, 0.6) is 0 Å². The molecule has 1 aromatic carbocycles. The van der Waals surface area contributed by atoms with E-state index in [2.05, 4.69) is 41.1 Å². The molecule has 1 unspecified atom stereocenters. The monoisotopic (exact) mass is 304 g/mol. The molecule has 1 saturated heterocycles. The van der Waals surface area contributed by atoms with Gasteiger partial charge in [-0.05, 0) is 31.5 Å². The van der Waals surface area contributed by atoms with Crippen molar-refractivity contribution in [3.63, 3.8) is 0 Å². The van der Waals surface area contributed by atoms with Crippen molar-refractivity contribution in [2.75, 3.05) is 31.1 Å². The normalized spacial score (nSPS) is 16.6. The number of nitrogens with one attached hydrogen (secondary N) is 1. The number of likely N-dealkylation sites (tertiary alicyclic amines) is 1. The van der Waals surface area contributed by atoms with Crippen molar-refractivity contribution in [2.24, 2.45) is 0 Å². The number of nitrogens with zero attached hydrogens (tertiary/aromatic N) is 1. The summed E-state index contributed by atoms with van der Waals surface area (Å²) in [5.74, 6) is 1.44. The first-order valence-electron chi connectivity index (χ1n) is 7.55. The number of hydrogen-bond acceptors (Lipinski definition) is 3. The van der Waals surface area contributed by atoms with Crippen LogP contribution in [0.25, 0.3) is 0 Å². The van der Waals surface area contributed by atoms with E-state index in [0.29, 0.717) is 18.3 Å². The molecule has 1 heterocycles. The summed E-state index contributed by atoms with van der Waals surface area (Å²) in [4.78, 5) is 14.4. The van der Waals surface area contributed by atoms with Gasteiger partial charge in [-0.25, -0.2) is 0 Å². The lowest BCUT2D eigenvalue weighted by Crippen LogP contribution is -2.37. The first-order valence-corrected chi connectivity index (χ1v) is 8.71. The van der Waals surface area contributed by atoms with Crippen LogP contribution in [0.15, 0.2) is 43.0 Å². The maximum atomic E-state index is 11.9. The van der Waals surface area contributed by atoms with E-state index < -0.39 is 0 Å². The van der Waals surface area contributed by atoms with Crippen molar-refractivity contribution in [3.8, 4) is 0 Å². The van der Waals surface area contributed by atoms with Crippen LogP contribution < -0.4 is 5.32 Å². The van der Waals surface area contributed by atoms with Crippen LogP contribution in [0.4, 0.5) is 0 Å². The molecule has 1 atom stereocenters. The Morgan fingerprint density at radius 3 is 2.71 bits per heavy atom. The minimum atomic E-state index is 0.113. The highest BCUT2D eigenvalue weighted by Gasteiger charge is 2.23. The fraction of sp³-hybridized carbons (Fsp3) is 0.471. The molecule has 1 N–H and O–H groups in total. The lowest BCUT2D eigenvalue weighted by molar-refractivity contribution is -0.118. The zero-order valence-electron chi connectivity index (χ0n) is 12.5. The van der Waals surface area contributed by atoms with Crippen molar-refractivity contribution in [1.82, 2.24) is 10.2 Å². The largest absolute Gasteiger partial charge is 0.353 e. The van der Waals surface area contributed by atoms with E-state index in [4.69, 9.17) is 0 Å². The molecule has 3 nitrogen and oxygen atoms in total. The average Bonchev–Trinajstić information content (AvgIpc) is 3.03. The predicted octanol–water partition coefficient (Wildman–Crippen LogP) is 2.86. The van der Waals surface area contributed by atoms with Crippen LogP contribution in [0.1, 0.15) is 24.4 Å². The zero-order valence-corrected chi connectivity index (χ0v) is 13.3. The number of hydrogen-bond donors (Lipinski definition) is 1. The number of rotatable bonds is 8. The molecule has 4 heteroatoms. The summed E-state index contributed by atoms with van der Waals surface area (Å²) in [5, 5.41) is 3.08. The highest BCUT2D eigenvalue weighted by atomic mass is 32.2. The molecule has 1 aliphatic heterocycles. The summed E-state index contributed by atoms with van der Waals surface area (Å²) in [6.07, 6.45) is 4.34. The van der Waals surface area contributed by atoms with Gasteiger partial charge in [-0.15, -0.1) is 18.3 Å². The van der Waals surface area contributed by atoms with Gasteiger partial charge >= 0.3 is 0 Å². The lowest BCUT2D eigenvalue weighted by atomic mass is 10.1. The van der Waals surface area contributed by atoms with Crippen molar-refractivity contribution < 1.29 is 4.79 Å². The van der Waals surface area contributed by atoms with Crippen molar-refractivity contribution in [3.05, 3.63) is 48.6 Å². The molecule has 0 saturated carbocycles. The Bertz CT molecular complexity index is 443. The van der Waals surface area contributed by atoms with E-state index in [1.807, 2.05) is 12.1 Å². The number of amides is 1. The molecule has 0 radical (unpaired) electrons. The lowest BCUT2D eigenvalue weighted by Gasteiger charge is -2.28. The second kappa shape index (κ2) is 8.90. The third kappa shape index (κ3) is 5.21. The Balaban J connectivity index is 1.90. The predicted molar refractivity (Wildman–Crippen MR) is 90.5 cm³/mol. The van der Waals surface area contributed by atoms with E-state index in [1.54, 1.807) is 11.8 Å². The molecule has 1 aromatic rings. The molecule has 2 rings (SSSR count). The molecule has 1 aliphatic rings. The molecule has 0 aliphatic carbocycles. The molecule has 0 bridgehead atoms. The quantitative estimate of drug-likeness (QED) is 0.592. The Morgan fingerprint density at radius 1 is 1.33 bits per heavy atom. The summed E-state index contributed by atoms with van der Waals surface area (Å²) in [7, 11) is 0. The van der Waals surface area contributed by atoms with E-state index in [1.165, 1.54) is 18.4 Å². The third-order valence-electron chi connectivity index (χ3n) is 3.73. The molecule has 1 fully saturated rings. The summed E-state index contributed by atoms with van der Waals surface area (Å²) in [5.41, 5.74) is 1.29. The summed E-state index contributed by atoms with van der Waals surface area (Å²) >= 11 is 1.60. The van der Waals surface area contributed by atoms with Gasteiger partial charge in [-0.3, -0.25) is 9.69 Å². The number of carbonyl (C=O) groups is 1. The van der Waals surface area contributed by atoms with Crippen molar-refractivity contribution in [1.29, 1.82) is 0 Å². The second-order valence-electron chi connectivity index (χ2n) is 5.28. The van der Waals surface area contributed by atoms with Crippen LogP contribution in [-0.4, -0.2) is 41.9 Å². The molecule has 1 amide bonds. The first-order chi connectivity index (χ1) is 10.3. The zero-order chi connectivity index (χ0) is 14.9. The van der Waals surface area contributed by atoms with Crippen LogP contribution >= 0.6 is 11.8 Å². The first kappa shape index (κ1) is 16.1. The maximum Gasteiger partial charge on any atom is 0.230 e. The second-order valence-corrected chi connectivity index (χ2v) is 6.31. The van der Waals surface area contributed by atoms with Gasteiger partial charge in [0.15, 0.2) is 0 Å². The molecule has 0 spiro atoms. The van der Waals surface area contributed by atoms with Crippen LogP contribution in [0.2, 0.25) is 0 Å². The molecule has 114 valence electrons. The fourth-order valence-electron chi connectivity index (χ4n) is 2.68. The Labute approximate surface area is 131 Å². The standard InChI is InChI=1S/C17H24N2OS/c1-2-12-21-14-17(20)18-13-16(19-10-6-7-11-19)15-8-4-3-5-9-15/h2-5,8-9,16H,1,6-7,10-14H2,(H,18,20). The molecular weight excluding hydrogens is 280 g/mol. The molecular formula is C17H24N2OS. The van der Waals surface area contributed by atoms with Gasteiger partial charge in [0.25, 0.3) is 0 Å². The number of carbonyl (C=O) groups excluding carboxylic acids is 1. The van der Waals surface area contributed by atoms with Crippen LogP contribution in [0.3, 0.4) is 0 Å². The highest BCUT2D eigenvalue weighted by molar-refractivity contribution is 8.00. The van der Waals surface area contributed by atoms with E-state index in [0.717, 1.165) is 18.8 Å². The summed E-state index contributed by atoms with van der Waals surface area (Å²) in [6, 6.07) is 10.8. The summed E-state index contributed by atoms with van der Waals surface area (Å²) < 4.78 is 0. The highest BCUT2D eigenvalue weighted by Crippen LogP contribution is 2.24. The summed E-state index contributed by atoms with van der Waals surface area (Å²) in [6.45, 7) is 6.61. The van der Waals surface area contributed by atoms with Gasteiger partial charge in [-0.2, -0.15) is 0 Å². The van der Waals surface area contributed by atoms with Gasteiger partial charge in [0, 0.05) is 12.3 Å². The fourth-order valence-corrected chi connectivity index (χ4v) is 3.25. The Hall–Kier alpha value is -1.26. The SMILES string of the molecule is C=CCSCC(=O)NCC(c1ccccc1)N1CCCC1. The Morgan fingerprint density at radius 2 is 2.05 bits per heavy atom. The number of thioether (sulfide) groups is 1. The maximum absolute atomic E-state index is 11.9. The van der Waals surface area contributed by atoms with Gasteiger partial charge < -0.3 is 5.32 Å². The number of benzene rings is 1. The third-order valence-corrected chi connectivity index (χ3v) is 4.66. The molecule has 21 heavy (non-hydrogen) atoms. The van der Waals surface area contributed by atoms with E-state index in [9.17, 15) is 4.79 Å². The van der Waals surface area contributed by atoms with Gasteiger partial charge in [0.1, 0.15) is 0 Å². The topological polar surface area (TPSA) is 32.3 Å². The van der Waals surface area contributed by atoms with Crippen LogP contribution in [0, 0.1) is 0 Å².